The summed E-state index contributed by atoms with van der Waals surface area (Å²) < 4.78 is 38.4. The number of amides is 1. The van der Waals surface area contributed by atoms with Crippen molar-refractivity contribution in [1.29, 1.82) is 0 Å². The number of H-pyrrole nitrogens is 1. The summed E-state index contributed by atoms with van der Waals surface area (Å²) in [6.45, 7) is 0. The number of benzene rings is 1. The maximum atomic E-state index is 12.8. The van der Waals surface area contributed by atoms with Crippen LogP contribution in [0.1, 0.15) is 11.4 Å². The van der Waals surface area contributed by atoms with Gasteiger partial charge in [0.15, 0.2) is 5.82 Å². The second kappa shape index (κ2) is 5.45. The molecule has 20 heavy (non-hydrogen) atoms. The van der Waals surface area contributed by atoms with Crippen molar-refractivity contribution in [3.8, 4) is 0 Å². The van der Waals surface area contributed by atoms with Gasteiger partial charge < -0.3 is 5.32 Å². The van der Waals surface area contributed by atoms with Crippen molar-refractivity contribution in [2.75, 3.05) is 5.32 Å². The van der Waals surface area contributed by atoms with Crippen LogP contribution in [-0.2, 0) is 17.4 Å². The van der Waals surface area contributed by atoms with E-state index < -0.39 is 17.6 Å². The molecule has 1 amide bonds. The molecule has 0 aliphatic carbocycles. The molecule has 106 valence electrons. The van der Waals surface area contributed by atoms with E-state index in [4.69, 9.17) is 11.6 Å². The predicted molar refractivity (Wildman–Crippen MR) is 63.0 cm³/mol. The summed E-state index contributed by atoms with van der Waals surface area (Å²) in [7, 11) is 0. The van der Waals surface area contributed by atoms with Crippen LogP contribution in [-0.4, -0.2) is 26.5 Å². The number of rotatable bonds is 3. The Kier molecular flexibility index (Phi) is 3.89. The Labute approximate surface area is 115 Å². The Bertz CT molecular complexity index is 614. The van der Waals surface area contributed by atoms with Crippen LogP contribution in [0.4, 0.5) is 18.9 Å². The summed E-state index contributed by atoms with van der Waals surface area (Å²) in [6, 6.07) is 3.07. The maximum Gasteiger partial charge on any atom is 0.418 e. The second-order valence-electron chi connectivity index (χ2n) is 3.74. The molecule has 0 saturated carbocycles. The quantitative estimate of drug-likeness (QED) is 0.909. The molecule has 0 saturated heterocycles. The Hall–Kier alpha value is -2.16. The van der Waals surface area contributed by atoms with Gasteiger partial charge in [-0.3, -0.25) is 4.79 Å². The average molecular weight is 306 g/mol. The summed E-state index contributed by atoms with van der Waals surface area (Å²) in [4.78, 5) is 11.6. The van der Waals surface area contributed by atoms with E-state index in [2.05, 4.69) is 25.9 Å². The van der Waals surface area contributed by atoms with Gasteiger partial charge in [-0.2, -0.15) is 18.4 Å². The monoisotopic (exact) mass is 305 g/mol. The van der Waals surface area contributed by atoms with Crippen molar-refractivity contribution in [1.82, 2.24) is 20.6 Å². The smallest absolute Gasteiger partial charge is 0.325 e. The lowest BCUT2D eigenvalue weighted by atomic mass is 10.1. The Morgan fingerprint density at radius 2 is 2.15 bits per heavy atom. The van der Waals surface area contributed by atoms with E-state index >= 15 is 0 Å². The summed E-state index contributed by atoms with van der Waals surface area (Å²) in [5.74, 6) is -0.621. The zero-order chi connectivity index (χ0) is 14.8. The van der Waals surface area contributed by atoms with Gasteiger partial charge in [-0.25, -0.2) is 0 Å². The van der Waals surface area contributed by atoms with Crippen LogP contribution in [0.25, 0.3) is 0 Å². The molecule has 1 heterocycles. The van der Waals surface area contributed by atoms with Crippen molar-refractivity contribution in [3.05, 3.63) is 34.6 Å². The fraction of sp³-hybridized carbons (Fsp3) is 0.200. The zero-order valence-electron chi connectivity index (χ0n) is 9.70. The lowest BCUT2D eigenvalue weighted by Gasteiger charge is -2.13. The van der Waals surface area contributed by atoms with Gasteiger partial charge in [0.2, 0.25) is 5.91 Å². The van der Waals surface area contributed by atoms with Crippen molar-refractivity contribution >= 4 is 23.2 Å². The van der Waals surface area contributed by atoms with Crippen LogP contribution < -0.4 is 5.32 Å². The molecule has 2 N–H and O–H groups in total. The first-order valence-corrected chi connectivity index (χ1v) is 5.63. The molecular formula is C10H7ClF3N5O. The van der Waals surface area contributed by atoms with Gasteiger partial charge in [-0.15, -0.1) is 10.2 Å². The largest absolute Gasteiger partial charge is 0.418 e. The second-order valence-corrected chi connectivity index (χ2v) is 4.18. The van der Waals surface area contributed by atoms with Crippen molar-refractivity contribution in [3.63, 3.8) is 0 Å². The number of hydrogen-bond donors (Lipinski definition) is 2. The summed E-state index contributed by atoms with van der Waals surface area (Å²) in [6.07, 6.45) is -4.92. The third kappa shape index (κ3) is 3.44. The van der Waals surface area contributed by atoms with Crippen molar-refractivity contribution in [2.24, 2.45) is 0 Å². The molecule has 0 bridgehead atoms. The van der Waals surface area contributed by atoms with E-state index in [0.29, 0.717) is 0 Å². The number of alkyl halides is 3. The highest BCUT2D eigenvalue weighted by atomic mass is 35.5. The Morgan fingerprint density at radius 3 is 2.75 bits per heavy atom. The van der Waals surface area contributed by atoms with E-state index in [1.165, 1.54) is 6.07 Å². The SMILES string of the molecule is O=C(Cc1nn[nH]n1)Nc1ccc(Cl)cc1C(F)(F)F. The van der Waals surface area contributed by atoms with Gasteiger partial charge in [0.1, 0.15) is 0 Å². The lowest BCUT2D eigenvalue weighted by Crippen LogP contribution is -2.18. The summed E-state index contributed by atoms with van der Waals surface area (Å²) in [5.41, 5.74) is -1.40. The average Bonchev–Trinajstić information content (AvgIpc) is 2.82. The summed E-state index contributed by atoms with van der Waals surface area (Å²) in [5, 5.41) is 14.5. The molecule has 1 aromatic carbocycles. The molecule has 0 aliphatic heterocycles. The number of carbonyl (C=O) groups is 1. The van der Waals surface area contributed by atoms with Crippen molar-refractivity contribution < 1.29 is 18.0 Å². The Balaban J connectivity index is 2.19. The third-order valence-corrected chi connectivity index (χ3v) is 2.50. The molecule has 2 aromatic rings. The fourth-order valence-corrected chi connectivity index (χ4v) is 1.63. The van der Waals surface area contributed by atoms with Crippen LogP contribution in [0.3, 0.4) is 0 Å². The van der Waals surface area contributed by atoms with E-state index in [0.717, 1.165) is 12.1 Å². The molecule has 0 spiro atoms. The van der Waals surface area contributed by atoms with E-state index in [-0.39, 0.29) is 23.0 Å². The number of tetrazole rings is 1. The van der Waals surface area contributed by atoms with Gasteiger partial charge >= 0.3 is 6.18 Å². The predicted octanol–water partition coefficient (Wildman–Crippen LogP) is 2.05. The number of carbonyl (C=O) groups excluding carboxylic acids is 1. The molecule has 10 heteroatoms. The maximum absolute atomic E-state index is 12.8. The van der Waals surface area contributed by atoms with E-state index in [1.54, 1.807) is 0 Å². The van der Waals surface area contributed by atoms with Crippen LogP contribution in [0.15, 0.2) is 18.2 Å². The molecule has 0 radical (unpaired) electrons. The number of aromatic amines is 1. The molecule has 0 aliphatic rings. The number of aromatic nitrogens is 4. The number of anilines is 1. The fourth-order valence-electron chi connectivity index (χ4n) is 1.46. The van der Waals surface area contributed by atoms with E-state index in [1.807, 2.05) is 0 Å². The minimum Gasteiger partial charge on any atom is -0.325 e. The van der Waals surface area contributed by atoms with Gasteiger partial charge in [-0.05, 0) is 18.2 Å². The first kappa shape index (κ1) is 14.3. The molecular weight excluding hydrogens is 299 g/mol. The first-order valence-electron chi connectivity index (χ1n) is 5.25. The van der Waals surface area contributed by atoms with Crippen LogP contribution >= 0.6 is 11.6 Å². The van der Waals surface area contributed by atoms with Gasteiger partial charge in [-0.1, -0.05) is 16.8 Å². The van der Waals surface area contributed by atoms with Gasteiger partial charge in [0.25, 0.3) is 0 Å². The normalized spacial score (nSPS) is 11.4. The minimum atomic E-state index is -4.63. The van der Waals surface area contributed by atoms with Crippen molar-refractivity contribution in [2.45, 2.75) is 12.6 Å². The molecule has 2 rings (SSSR count). The molecule has 0 fully saturated rings. The van der Waals surface area contributed by atoms with Crippen LogP contribution in [0.5, 0.6) is 0 Å². The highest BCUT2D eigenvalue weighted by Gasteiger charge is 2.34. The van der Waals surface area contributed by atoms with Gasteiger partial charge in [0, 0.05) is 5.02 Å². The number of hydrogen-bond acceptors (Lipinski definition) is 4. The number of nitrogens with one attached hydrogen (secondary N) is 2. The molecule has 0 atom stereocenters. The minimum absolute atomic E-state index is 0.0741. The highest BCUT2D eigenvalue weighted by molar-refractivity contribution is 6.30. The number of halogens is 4. The molecule has 1 aromatic heterocycles. The highest BCUT2D eigenvalue weighted by Crippen LogP contribution is 2.36. The molecule has 6 nitrogen and oxygen atoms in total. The standard InChI is InChI=1S/C10H7ClF3N5O/c11-5-1-2-7(6(3-5)10(12,13)14)15-9(20)4-8-16-18-19-17-8/h1-3H,4H2,(H,15,20)(H,16,17,18,19). The van der Waals surface area contributed by atoms with Crippen LogP contribution in [0, 0.1) is 0 Å². The Morgan fingerprint density at radius 1 is 1.40 bits per heavy atom. The first-order chi connectivity index (χ1) is 9.36. The number of nitrogens with zero attached hydrogens (tertiary/aromatic N) is 3. The lowest BCUT2D eigenvalue weighted by molar-refractivity contribution is -0.137. The van der Waals surface area contributed by atoms with E-state index in [9.17, 15) is 18.0 Å². The molecule has 0 unspecified atom stereocenters. The topological polar surface area (TPSA) is 83.6 Å². The zero-order valence-corrected chi connectivity index (χ0v) is 10.5. The van der Waals surface area contributed by atoms with Gasteiger partial charge in [0.05, 0.1) is 17.7 Å². The third-order valence-electron chi connectivity index (χ3n) is 2.27. The summed E-state index contributed by atoms with van der Waals surface area (Å²) >= 11 is 5.53. The van der Waals surface area contributed by atoms with Crippen LogP contribution in [0.2, 0.25) is 5.02 Å².